The highest BCUT2D eigenvalue weighted by Gasteiger charge is 2.32. The van der Waals surface area contributed by atoms with Crippen molar-refractivity contribution in [2.75, 3.05) is 38.3 Å². The summed E-state index contributed by atoms with van der Waals surface area (Å²) in [7, 11) is 1.68. The predicted octanol–water partition coefficient (Wildman–Crippen LogP) is -0.326. The number of nitrogens with one attached hydrogen (secondary N) is 1. The van der Waals surface area contributed by atoms with Crippen molar-refractivity contribution in [1.82, 2.24) is 14.7 Å². The Kier molecular flexibility index (Phi) is 4.41. The number of aromatic nitrogens is 2. The molecule has 1 aliphatic heterocycles. The van der Waals surface area contributed by atoms with E-state index in [4.69, 9.17) is 4.74 Å². The van der Waals surface area contributed by atoms with Crippen molar-refractivity contribution >= 4 is 22.1 Å². The van der Waals surface area contributed by atoms with Crippen molar-refractivity contribution < 1.29 is 14.9 Å². The van der Waals surface area contributed by atoms with E-state index in [9.17, 15) is 10.2 Å². The molecule has 0 spiro atoms. The van der Waals surface area contributed by atoms with Gasteiger partial charge < -0.3 is 25.2 Å². The van der Waals surface area contributed by atoms with Gasteiger partial charge in [-0.05, 0) is 0 Å². The fourth-order valence-corrected chi connectivity index (χ4v) is 3.29. The highest BCUT2D eigenvalue weighted by atomic mass is 32.1. The molecule has 2 unspecified atom stereocenters. The Morgan fingerprint density at radius 1 is 1.43 bits per heavy atom. The molecule has 0 saturated carbocycles. The van der Waals surface area contributed by atoms with Crippen molar-refractivity contribution in [3.05, 3.63) is 17.3 Å². The first-order valence-electron chi connectivity index (χ1n) is 6.96. The van der Waals surface area contributed by atoms with Gasteiger partial charge in [0.15, 0.2) is 10.8 Å². The van der Waals surface area contributed by atoms with E-state index in [1.54, 1.807) is 18.4 Å². The molecule has 0 radical (unpaired) electrons. The van der Waals surface area contributed by atoms with Crippen molar-refractivity contribution in [2.24, 2.45) is 0 Å². The van der Waals surface area contributed by atoms with Crippen LogP contribution in [0.3, 0.4) is 0 Å². The number of imidazole rings is 1. The van der Waals surface area contributed by atoms with Crippen LogP contribution in [-0.2, 0) is 11.3 Å². The van der Waals surface area contributed by atoms with Gasteiger partial charge in [-0.15, -0.1) is 11.3 Å². The zero-order valence-electron chi connectivity index (χ0n) is 11.9. The van der Waals surface area contributed by atoms with E-state index in [0.717, 1.165) is 23.0 Å². The first-order valence-corrected chi connectivity index (χ1v) is 7.84. The summed E-state index contributed by atoms with van der Waals surface area (Å²) in [5.74, 6) is 0.836. The normalized spacial score (nSPS) is 22.5. The molecule has 1 aliphatic rings. The summed E-state index contributed by atoms with van der Waals surface area (Å²) in [6.07, 6.45) is 0.574. The van der Waals surface area contributed by atoms with E-state index < -0.39 is 12.2 Å². The summed E-state index contributed by atoms with van der Waals surface area (Å²) in [4.78, 5) is 7.50. The minimum atomic E-state index is -0.709. The van der Waals surface area contributed by atoms with Crippen LogP contribution in [0.4, 0.5) is 5.82 Å². The van der Waals surface area contributed by atoms with Crippen LogP contribution in [0.5, 0.6) is 0 Å². The second-order valence-electron chi connectivity index (χ2n) is 5.15. The molecule has 2 aromatic rings. The lowest BCUT2D eigenvalue weighted by molar-refractivity contribution is 0.0572. The number of hydrogen-bond acceptors (Lipinski definition) is 7. The predicted molar refractivity (Wildman–Crippen MR) is 80.9 cm³/mol. The van der Waals surface area contributed by atoms with Gasteiger partial charge in [0, 0.05) is 44.9 Å². The summed E-state index contributed by atoms with van der Waals surface area (Å²) in [5.41, 5.74) is 1.05. The maximum absolute atomic E-state index is 9.74. The Morgan fingerprint density at radius 3 is 2.90 bits per heavy atom. The lowest BCUT2D eigenvalue weighted by Gasteiger charge is -2.17. The number of fused-ring (bicyclic) bond motifs is 1. The maximum Gasteiger partial charge on any atom is 0.195 e. The summed E-state index contributed by atoms with van der Waals surface area (Å²) < 4.78 is 7.08. The average Bonchev–Trinajstić information content (AvgIpc) is 3.11. The standard InChI is InChI=1S/C13H20N4O3S/c1-20-4-2-14-6-9-12(15-13-17(9)3-5-21-13)16-7-10(18)11(19)8-16/h3,5,10-11,14,18-19H,2,4,6-8H2,1H3. The molecule has 1 saturated heterocycles. The van der Waals surface area contributed by atoms with Crippen LogP contribution in [0.15, 0.2) is 11.6 Å². The van der Waals surface area contributed by atoms with E-state index in [1.807, 2.05) is 16.5 Å². The molecule has 3 rings (SSSR count). The van der Waals surface area contributed by atoms with Gasteiger partial charge in [-0.3, -0.25) is 4.40 Å². The number of thiazole rings is 1. The molecule has 2 atom stereocenters. The Morgan fingerprint density at radius 2 is 2.19 bits per heavy atom. The first-order chi connectivity index (χ1) is 10.2. The number of rotatable bonds is 6. The quantitative estimate of drug-likeness (QED) is 0.634. The summed E-state index contributed by atoms with van der Waals surface area (Å²) in [6, 6.07) is 0. The average molecular weight is 312 g/mol. The number of aliphatic hydroxyl groups excluding tert-OH is 2. The number of aliphatic hydroxyl groups is 2. The van der Waals surface area contributed by atoms with Crippen LogP contribution >= 0.6 is 11.3 Å². The van der Waals surface area contributed by atoms with E-state index in [-0.39, 0.29) is 0 Å². The molecular formula is C13H20N4O3S. The van der Waals surface area contributed by atoms with Gasteiger partial charge in [0.1, 0.15) is 0 Å². The van der Waals surface area contributed by atoms with Crippen molar-refractivity contribution in [3.8, 4) is 0 Å². The molecule has 0 amide bonds. The zero-order chi connectivity index (χ0) is 14.8. The molecule has 21 heavy (non-hydrogen) atoms. The lowest BCUT2D eigenvalue weighted by Crippen LogP contribution is -2.25. The molecule has 116 valence electrons. The number of nitrogens with zero attached hydrogens (tertiary/aromatic N) is 3. The number of β-amino-alcohol motifs (C(OH)–C–C–N with tert-alkyl or cyclic N) is 2. The van der Waals surface area contributed by atoms with Crippen molar-refractivity contribution in [3.63, 3.8) is 0 Å². The molecule has 3 N–H and O–H groups in total. The number of hydrogen-bond donors (Lipinski definition) is 3. The maximum atomic E-state index is 9.74. The van der Waals surface area contributed by atoms with Crippen LogP contribution in [-0.4, -0.2) is 65.2 Å². The van der Waals surface area contributed by atoms with Crippen molar-refractivity contribution in [2.45, 2.75) is 18.8 Å². The Hall–Kier alpha value is -1.19. The number of ether oxygens (including phenoxy) is 1. The minimum absolute atomic E-state index is 0.414. The zero-order valence-corrected chi connectivity index (χ0v) is 12.7. The van der Waals surface area contributed by atoms with Gasteiger partial charge in [-0.1, -0.05) is 0 Å². The van der Waals surface area contributed by atoms with Crippen LogP contribution < -0.4 is 10.2 Å². The second kappa shape index (κ2) is 6.29. The summed E-state index contributed by atoms with van der Waals surface area (Å²) >= 11 is 1.57. The third kappa shape index (κ3) is 2.90. The molecule has 1 fully saturated rings. The first kappa shape index (κ1) is 14.7. The third-order valence-electron chi connectivity index (χ3n) is 3.67. The van der Waals surface area contributed by atoms with Gasteiger partial charge in [-0.25, -0.2) is 4.98 Å². The SMILES string of the molecule is COCCNCc1c(N2CC(O)C(O)C2)nc2sccn12. The molecule has 0 aliphatic carbocycles. The minimum Gasteiger partial charge on any atom is -0.389 e. The van der Waals surface area contributed by atoms with Gasteiger partial charge >= 0.3 is 0 Å². The lowest BCUT2D eigenvalue weighted by atomic mass is 10.3. The van der Waals surface area contributed by atoms with E-state index in [0.29, 0.717) is 26.2 Å². The third-order valence-corrected chi connectivity index (χ3v) is 4.43. The smallest absolute Gasteiger partial charge is 0.195 e. The molecular weight excluding hydrogens is 292 g/mol. The monoisotopic (exact) mass is 312 g/mol. The van der Waals surface area contributed by atoms with E-state index >= 15 is 0 Å². The van der Waals surface area contributed by atoms with Crippen LogP contribution in [0.1, 0.15) is 5.69 Å². The topological polar surface area (TPSA) is 82.3 Å². The Balaban J connectivity index is 1.82. The summed E-state index contributed by atoms with van der Waals surface area (Å²) in [6.45, 7) is 2.91. The van der Waals surface area contributed by atoms with Gasteiger partial charge in [-0.2, -0.15) is 0 Å². The van der Waals surface area contributed by atoms with E-state index in [1.165, 1.54) is 0 Å². The van der Waals surface area contributed by atoms with E-state index in [2.05, 4.69) is 14.7 Å². The fraction of sp³-hybridized carbons (Fsp3) is 0.615. The number of methoxy groups -OCH3 is 1. The van der Waals surface area contributed by atoms with Gasteiger partial charge in [0.05, 0.1) is 24.5 Å². The van der Waals surface area contributed by atoms with Gasteiger partial charge in [0.25, 0.3) is 0 Å². The van der Waals surface area contributed by atoms with Gasteiger partial charge in [0.2, 0.25) is 0 Å². The molecule has 0 bridgehead atoms. The highest BCUT2D eigenvalue weighted by molar-refractivity contribution is 7.15. The molecule has 0 aromatic carbocycles. The van der Waals surface area contributed by atoms with Crippen molar-refractivity contribution in [1.29, 1.82) is 0 Å². The largest absolute Gasteiger partial charge is 0.389 e. The second-order valence-corrected chi connectivity index (χ2v) is 6.02. The Bertz CT molecular complexity index is 589. The van der Waals surface area contributed by atoms with Crippen LogP contribution in [0.2, 0.25) is 0 Å². The molecule has 3 heterocycles. The van der Waals surface area contributed by atoms with Crippen LogP contribution in [0.25, 0.3) is 4.96 Å². The molecule has 8 heteroatoms. The highest BCUT2D eigenvalue weighted by Crippen LogP contribution is 2.27. The number of anilines is 1. The summed E-state index contributed by atoms with van der Waals surface area (Å²) in [5, 5.41) is 24.8. The van der Waals surface area contributed by atoms with Crippen LogP contribution in [0, 0.1) is 0 Å². The fourth-order valence-electron chi connectivity index (χ4n) is 2.56. The Labute approximate surface area is 126 Å². The molecule has 2 aromatic heterocycles. The molecule has 7 nitrogen and oxygen atoms in total.